The zero-order valence-corrected chi connectivity index (χ0v) is 29.0. The summed E-state index contributed by atoms with van der Waals surface area (Å²) >= 11 is 0. The van der Waals surface area contributed by atoms with Crippen LogP contribution >= 0.6 is 0 Å². The van der Waals surface area contributed by atoms with Gasteiger partial charge in [-0.15, -0.1) is 0 Å². The molecule has 0 bridgehead atoms. The molecule has 0 N–H and O–H groups in total. The van der Waals surface area contributed by atoms with E-state index in [9.17, 15) is 0 Å². The summed E-state index contributed by atoms with van der Waals surface area (Å²) in [7, 11) is 0. The molecular weight excluding hydrogens is 639 g/mol. The minimum absolute atomic E-state index is 1.12. The number of nitrogens with zero attached hydrogens (tertiary/aromatic N) is 1. The number of fused-ring (bicyclic) bond motifs is 7. The summed E-state index contributed by atoms with van der Waals surface area (Å²) in [4.78, 5) is 2.43. The molecule has 0 radical (unpaired) electrons. The lowest BCUT2D eigenvalue weighted by atomic mass is 9.96. The Hall–Kier alpha value is -6.96. The Bertz CT molecular complexity index is 3060. The summed E-state index contributed by atoms with van der Waals surface area (Å²) in [6.07, 6.45) is 0. The second-order valence-electron chi connectivity index (χ2n) is 14.1. The third kappa shape index (κ3) is 4.79. The Morgan fingerprint density at radius 3 is 1.68 bits per heavy atom. The van der Waals surface area contributed by atoms with Crippen molar-refractivity contribution < 1.29 is 0 Å². The molecule has 0 heterocycles. The maximum absolute atomic E-state index is 2.43. The van der Waals surface area contributed by atoms with Crippen LogP contribution in [0.25, 0.3) is 87.6 Å². The number of benzene rings is 10. The Morgan fingerprint density at radius 1 is 0.245 bits per heavy atom. The Morgan fingerprint density at radius 2 is 0.830 bits per heavy atom. The van der Waals surface area contributed by atoms with Gasteiger partial charge in [-0.05, 0) is 130 Å². The average Bonchev–Trinajstić information content (AvgIpc) is 3.55. The molecule has 0 saturated carbocycles. The van der Waals surface area contributed by atoms with Crippen LogP contribution in [0.4, 0.5) is 17.1 Å². The van der Waals surface area contributed by atoms with Crippen molar-refractivity contribution in [1.29, 1.82) is 0 Å². The van der Waals surface area contributed by atoms with Crippen LogP contribution in [-0.4, -0.2) is 0 Å². The maximum atomic E-state index is 2.43. The van der Waals surface area contributed by atoms with Crippen molar-refractivity contribution in [3.05, 3.63) is 200 Å². The minimum Gasteiger partial charge on any atom is -0.310 e. The van der Waals surface area contributed by atoms with Crippen LogP contribution in [0.2, 0.25) is 0 Å². The van der Waals surface area contributed by atoms with Gasteiger partial charge in [0.05, 0.1) is 0 Å². The molecule has 53 heavy (non-hydrogen) atoms. The molecule has 10 aromatic rings. The summed E-state index contributed by atoms with van der Waals surface area (Å²) in [6.45, 7) is 0. The fourth-order valence-corrected chi connectivity index (χ4v) is 8.66. The van der Waals surface area contributed by atoms with Crippen molar-refractivity contribution in [1.82, 2.24) is 0 Å². The second kappa shape index (κ2) is 11.8. The third-order valence-corrected chi connectivity index (χ3v) is 11.1. The molecule has 0 amide bonds. The molecule has 11 rings (SSSR count). The Balaban J connectivity index is 1.08. The van der Waals surface area contributed by atoms with Gasteiger partial charge in [0.15, 0.2) is 0 Å². The van der Waals surface area contributed by atoms with E-state index in [1.165, 1.54) is 87.6 Å². The molecule has 0 saturated heterocycles. The predicted molar refractivity (Wildman–Crippen MR) is 226 cm³/mol. The number of hydrogen-bond donors (Lipinski definition) is 0. The molecule has 0 atom stereocenters. The van der Waals surface area contributed by atoms with Crippen molar-refractivity contribution in [2.75, 3.05) is 4.90 Å². The molecule has 10 aromatic carbocycles. The summed E-state index contributed by atoms with van der Waals surface area (Å²) in [5.74, 6) is 0. The van der Waals surface area contributed by atoms with E-state index >= 15 is 0 Å². The van der Waals surface area contributed by atoms with E-state index in [1.807, 2.05) is 0 Å². The van der Waals surface area contributed by atoms with Gasteiger partial charge in [0.2, 0.25) is 0 Å². The lowest BCUT2D eigenvalue weighted by Crippen LogP contribution is -2.10. The first-order valence-corrected chi connectivity index (χ1v) is 18.3. The summed E-state index contributed by atoms with van der Waals surface area (Å²) in [5.41, 5.74) is 13.4. The van der Waals surface area contributed by atoms with Crippen LogP contribution in [0, 0.1) is 0 Å². The van der Waals surface area contributed by atoms with E-state index in [0.29, 0.717) is 0 Å². The minimum atomic E-state index is 1.12. The van der Waals surface area contributed by atoms with E-state index in [-0.39, 0.29) is 0 Å². The normalized spacial score (nSPS) is 11.8. The number of anilines is 3. The SMILES string of the molecule is c1cc(-c2ccc3c(ccc4ccccc43)c2)cc(N(c2ccc(-c3cccc4ccccc34)cc2)c2cc3c4c(cccc4c2)-c2ccccc2-3)c1. The molecule has 0 aliphatic heterocycles. The van der Waals surface area contributed by atoms with Crippen LogP contribution in [0.15, 0.2) is 200 Å². The number of rotatable bonds is 5. The highest BCUT2D eigenvalue weighted by atomic mass is 15.1. The summed E-state index contributed by atoms with van der Waals surface area (Å²) < 4.78 is 0. The van der Waals surface area contributed by atoms with Crippen molar-refractivity contribution in [3.8, 4) is 44.5 Å². The van der Waals surface area contributed by atoms with E-state index in [0.717, 1.165) is 17.1 Å². The molecule has 0 aromatic heterocycles. The van der Waals surface area contributed by atoms with Crippen LogP contribution in [0.1, 0.15) is 0 Å². The first kappa shape index (κ1) is 29.7. The van der Waals surface area contributed by atoms with Gasteiger partial charge >= 0.3 is 0 Å². The Labute approximate surface area is 308 Å². The van der Waals surface area contributed by atoms with E-state index < -0.39 is 0 Å². The third-order valence-electron chi connectivity index (χ3n) is 11.1. The van der Waals surface area contributed by atoms with Gasteiger partial charge in [-0.3, -0.25) is 0 Å². The average molecular weight is 672 g/mol. The standard InChI is InChI=1S/C52H33N/c1-3-16-44-34(10-1)12-8-20-46(44)36-24-27-41(28-25-36)53(43-32-40-14-9-21-50-48-18-5-6-19-49(48)51(33-43)52(40)50)42-15-7-13-37(31-42)38-26-29-47-39(30-38)23-22-35-11-2-4-17-45(35)47/h1-33H. The van der Waals surface area contributed by atoms with E-state index in [2.05, 4.69) is 205 Å². The monoisotopic (exact) mass is 671 g/mol. The van der Waals surface area contributed by atoms with Crippen LogP contribution < -0.4 is 4.90 Å². The van der Waals surface area contributed by atoms with Crippen molar-refractivity contribution in [2.24, 2.45) is 0 Å². The maximum Gasteiger partial charge on any atom is 0.0474 e. The van der Waals surface area contributed by atoms with Crippen LogP contribution in [0.5, 0.6) is 0 Å². The van der Waals surface area contributed by atoms with Crippen molar-refractivity contribution >= 4 is 60.2 Å². The molecular formula is C52H33N. The summed E-state index contributed by atoms with van der Waals surface area (Å²) in [5, 5.41) is 10.2. The van der Waals surface area contributed by atoms with Gasteiger partial charge in [-0.25, -0.2) is 0 Å². The smallest absolute Gasteiger partial charge is 0.0474 e. The van der Waals surface area contributed by atoms with Gasteiger partial charge in [0.1, 0.15) is 0 Å². The van der Waals surface area contributed by atoms with Crippen LogP contribution in [0.3, 0.4) is 0 Å². The molecule has 0 spiro atoms. The van der Waals surface area contributed by atoms with Gasteiger partial charge in [-0.1, -0.05) is 158 Å². The summed E-state index contributed by atoms with van der Waals surface area (Å²) in [6, 6.07) is 73.6. The fourth-order valence-electron chi connectivity index (χ4n) is 8.66. The van der Waals surface area contributed by atoms with Gasteiger partial charge in [0, 0.05) is 17.1 Å². The predicted octanol–water partition coefficient (Wildman–Crippen LogP) is 14.8. The molecule has 1 heteroatoms. The first-order valence-electron chi connectivity index (χ1n) is 18.3. The zero-order chi connectivity index (χ0) is 34.9. The fraction of sp³-hybridized carbons (Fsp3) is 0. The molecule has 0 unspecified atom stereocenters. The van der Waals surface area contributed by atoms with Gasteiger partial charge < -0.3 is 4.90 Å². The van der Waals surface area contributed by atoms with E-state index in [4.69, 9.17) is 0 Å². The highest BCUT2D eigenvalue weighted by Crippen LogP contribution is 2.50. The highest BCUT2D eigenvalue weighted by molar-refractivity contribution is 6.17. The molecule has 1 aliphatic rings. The quantitative estimate of drug-likeness (QED) is 0.165. The number of hydrogen-bond acceptors (Lipinski definition) is 1. The lowest BCUT2D eigenvalue weighted by molar-refractivity contribution is 1.29. The van der Waals surface area contributed by atoms with Gasteiger partial charge in [-0.2, -0.15) is 0 Å². The lowest BCUT2D eigenvalue weighted by Gasteiger charge is -2.27. The van der Waals surface area contributed by atoms with E-state index in [1.54, 1.807) is 0 Å². The molecule has 0 fully saturated rings. The second-order valence-corrected chi connectivity index (χ2v) is 14.1. The van der Waals surface area contributed by atoms with Crippen molar-refractivity contribution in [3.63, 3.8) is 0 Å². The molecule has 246 valence electrons. The molecule has 1 nitrogen and oxygen atoms in total. The van der Waals surface area contributed by atoms with Crippen molar-refractivity contribution in [2.45, 2.75) is 0 Å². The zero-order valence-electron chi connectivity index (χ0n) is 29.0. The Kier molecular flexibility index (Phi) is 6.62. The van der Waals surface area contributed by atoms with Gasteiger partial charge in [0.25, 0.3) is 0 Å². The highest BCUT2D eigenvalue weighted by Gasteiger charge is 2.24. The molecule has 1 aliphatic carbocycles. The largest absolute Gasteiger partial charge is 0.310 e. The van der Waals surface area contributed by atoms with Crippen LogP contribution in [-0.2, 0) is 0 Å². The first-order chi connectivity index (χ1) is 26.3. The topological polar surface area (TPSA) is 3.24 Å².